The molecule has 2 aliphatic heterocycles. The lowest BCUT2D eigenvalue weighted by Crippen LogP contribution is -2.59. The van der Waals surface area contributed by atoms with Gasteiger partial charge in [-0.15, -0.1) is 0 Å². The minimum Gasteiger partial charge on any atom is -0.387 e. The molecule has 4 amide bonds. The highest BCUT2D eigenvalue weighted by molar-refractivity contribution is 6.38. The third-order valence-electron chi connectivity index (χ3n) is 9.97. The highest BCUT2D eigenvalue weighted by Crippen LogP contribution is 2.40. The molecule has 4 aliphatic rings. The van der Waals surface area contributed by atoms with Gasteiger partial charge in [-0.2, -0.15) is 0 Å². The highest BCUT2D eigenvalue weighted by atomic mass is 35.5. The molecule has 1 aromatic carbocycles. The number of hydrogen-bond donors (Lipinski definition) is 3. The van der Waals surface area contributed by atoms with Crippen molar-refractivity contribution < 1.29 is 28.8 Å². The summed E-state index contributed by atoms with van der Waals surface area (Å²) in [6.45, 7) is 7.60. The maximum absolute atomic E-state index is 14.5. The smallest absolute Gasteiger partial charge is 0.289 e. The fourth-order valence-corrected chi connectivity index (χ4v) is 7.21. The summed E-state index contributed by atoms with van der Waals surface area (Å²) in [5, 5.41) is 13.5. The molecule has 48 heavy (non-hydrogen) atoms. The Kier molecular flexibility index (Phi) is 11.2. The minimum atomic E-state index is -1.03. The largest absolute Gasteiger partial charge is 0.387 e. The van der Waals surface area contributed by atoms with Gasteiger partial charge in [-0.1, -0.05) is 82.3 Å². The first-order valence-electron chi connectivity index (χ1n) is 17.5. The second kappa shape index (κ2) is 15.0. The van der Waals surface area contributed by atoms with E-state index in [-0.39, 0.29) is 31.3 Å². The number of amides is 4. The molecule has 3 fully saturated rings. The Bertz CT molecular complexity index is 1410. The molecule has 5 rings (SSSR count). The third kappa shape index (κ3) is 8.76. The van der Waals surface area contributed by atoms with E-state index in [1.54, 1.807) is 12.1 Å². The summed E-state index contributed by atoms with van der Waals surface area (Å²) >= 11 is 6.10. The molecule has 1 aromatic rings. The number of carbonyl (C=O) groups excluding carboxylic acids is 5. The molecule has 4 atom stereocenters. The van der Waals surface area contributed by atoms with Crippen LogP contribution in [0.4, 0.5) is 0 Å². The Hall–Kier alpha value is -3.47. The maximum Gasteiger partial charge on any atom is 0.289 e. The lowest BCUT2D eigenvalue weighted by molar-refractivity contribution is -0.145. The first kappa shape index (κ1) is 35.8. The van der Waals surface area contributed by atoms with Crippen LogP contribution in [-0.2, 0) is 28.8 Å². The molecular weight excluding hydrogens is 634 g/mol. The zero-order chi connectivity index (χ0) is 34.6. The number of ketones is 1. The number of likely N-dealkylation sites (tertiary alicyclic amines) is 1. The first-order valence-corrected chi connectivity index (χ1v) is 17.9. The van der Waals surface area contributed by atoms with E-state index in [4.69, 9.17) is 16.4 Å². The lowest BCUT2D eigenvalue weighted by atomic mass is 9.84. The van der Waals surface area contributed by atoms with Crippen molar-refractivity contribution in [1.29, 1.82) is 0 Å². The number of Topliss-reactive ketones (excluding diaryl/α,β-unsaturated/α-hetero) is 1. The van der Waals surface area contributed by atoms with Crippen molar-refractivity contribution in [3.63, 3.8) is 0 Å². The summed E-state index contributed by atoms with van der Waals surface area (Å²) in [7, 11) is 0. The third-order valence-corrected chi connectivity index (χ3v) is 10.2. The van der Waals surface area contributed by atoms with Crippen molar-refractivity contribution in [2.75, 3.05) is 6.54 Å². The van der Waals surface area contributed by atoms with E-state index in [9.17, 15) is 24.0 Å². The number of rotatable bonds is 12. The Morgan fingerprint density at radius 1 is 1.02 bits per heavy atom. The van der Waals surface area contributed by atoms with E-state index in [1.165, 1.54) is 11.3 Å². The summed E-state index contributed by atoms with van der Waals surface area (Å²) in [5.41, 5.74) is -0.169. The van der Waals surface area contributed by atoms with E-state index in [1.807, 2.05) is 39.8 Å². The molecule has 262 valence electrons. The second-order valence-corrected chi connectivity index (χ2v) is 15.7. The molecular formula is C36H50ClN5O6. The van der Waals surface area contributed by atoms with E-state index >= 15 is 0 Å². The van der Waals surface area contributed by atoms with E-state index in [0.29, 0.717) is 35.9 Å². The van der Waals surface area contributed by atoms with Crippen LogP contribution in [0.1, 0.15) is 110 Å². The standard InChI is InChI=1S/C36H50ClN5O6/c1-5-9-26(30(44)33(46)38-25-16-17-25)39-32(45)28-20-36(19-27(41-48-36)23-12-14-24(37)15-13-23)21-42(28)34(47)31(35(2,3)4)40-29(43)18-22-10-7-6-8-11-22/h12-15,22,25-26,28,31H,5-11,16-21H2,1-4H3,(H,38,46)(H,39,45)(H,40,43)/t26-,28-,31+,36?/m0/s1. The van der Waals surface area contributed by atoms with Gasteiger partial charge >= 0.3 is 0 Å². The fraction of sp³-hybridized carbons (Fsp3) is 0.667. The fourth-order valence-electron chi connectivity index (χ4n) is 7.08. The van der Waals surface area contributed by atoms with Crippen LogP contribution in [0.25, 0.3) is 0 Å². The van der Waals surface area contributed by atoms with E-state index in [2.05, 4.69) is 21.1 Å². The summed E-state index contributed by atoms with van der Waals surface area (Å²) in [6.07, 6.45) is 8.73. The molecule has 2 aliphatic carbocycles. The molecule has 2 saturated carbocycles. The molecule has 0 bridgehead atoms. The second-order valence-electron chi connectivity index (χ2n) is 15.2. The van der Waals surface area contributed by atoms with Crippen molar-refractivity contribution in [1.82, 2.24) is 20.9 Å². The van der Waals surface area contributed by atoms with E-state index in [0.717, 1.165) is 44.1 Å². The zero-order valence-corrected chi connectivity index (χ0v) is 29.4. The number of oxime groups is 1. The quantitative estimate of drug-likeness (QED) is 0.278. The molecule has 1 spiro atoms. The summed E-state index contributed by atoms with van der Waals surface area (Å²) in [4.78, 5) is 75.3. The monoisotopic (exact) mass is 683 g/mol. The average Bonchev–Trinajstić information content (AvgIpc) is 3.64. The normalized spacial score (nSPS) is 24.0. The van der Waals surface area contributed by atoms with Crippen LogP contribution in [0.5, 0.6) is 0 Å². The summed E-state index contributed by atoms with van der Waals surface area (Å²) in [5.74, 6) is -2.23. The SMILES string of the molecule is CCC[C@H](NC(=O)[C@@H]1CC2(CC(c3ccc(Cl)cc3)=NO2)CN1C(=O)[C@@H](NC(=O)CC1CCCCC1)C(C)(C)C)C(=O)C(=O)NC1CC1. The van der Waals surface area contributed by atoms with Gasteiger partial charge in [-0.3, -0.25) is 24.0 Å². The van der Waals surface area contributed by atoms with Crippen molar-refractivity contribution in [3.8, 4) is 0 Å². The number of benzene rings is 1. The first-order chi connectivity index (χ1) is 22.8. The van der Waals surface area contributed by atoms with Crippen molar-refractivity contribution in [3.05, 3.63) is 34.9 Å². The molecule has 3 N–H and O–H groups in total. The van der Waals surface area contributed by atoms with Gasteiger partial charge in [-0.25, -0.2) is 0 Å². The minimum absolute atomic E-state index is 0.000706. The number of hydrogen-bond acceptors (Lipinski definition) is 7. The number of carbonyl (C=O) groups is 5. The zero-order valence-electron chi connectivity index (χ0n) is 28.6. The Morgan fingerprint density at radius 3 is 2.33 bits per heavy atom. The number of nitrogens with one attached hydrogen (secondary N) is 3. The molecule has 0 aromatic heterocycles. The summed E-state index contributed by atoms with van der Waals surface area (Å²) < 4.78 is 0. The van der Waals surface area contributed by atoms with E-state index < -0.39 is 52.6 Å². The van der Waals surface area contributed by atoms with Crippen molar-refractivity contribution in [2.45, 2.75) is 135 Å². The summed E-state index contributed by atoms with van der Waals surface area (Å²) in [6, 6.07) is 4.25. The number of halogens is 1. The van der Waals surface area contributed by atoms with Crippen LogP contribution in [0.15, 0.2) is 29.4 Å². The predicted molar refractivity (Wildman–Crippen MR) is 182 cm³/mol. The molecule has 0 radical (unpaired) electrons. The van der Waals surface area contributed by atoms with Crippen molar-refractivity contribution >= 4 is 46.7 Å². The molecule has 12 heteroatoms. The average molecular weight is 684 g/mol. The number of nitrogens with zero attached hydrogens (tertiary/aromatic N) is 2. The van der Waals surface area contributed by atoms with Gasteiger partial charge in [0.1, 0.15) is 12.1 Å². The van der Waals surface area contributed by atoms with Gasteiger partial charge in [-0.05, 0) is 61.1 Å². The van der Waals surface area contributed by atoms with Crippen molar-refractivity contribution in [2.24, 2.45) is 16.5 Å². The van der Waals surface area contributed by atoms with Crippen LogP contribution in [0.3, 0.4) is 0 Å². The lowest BCUT2D eigenvalue weighted by Gasteiger charge is -2.36. The molecule has 11 nitrogen and oxygen atoms in total. The van der Waals surface area contributed by atoms with Gasteiger partial charge in [0.05, 0.1) is 18.3 Å². The Labute approximate surface area is 288 Å². The van der Waals surface area contributed by atoms with Gasteiger partial charge in [0.15, 0.2) is 5.60 Å². The Balaban J connectivity index is 1.38. The Morgan fingerprint density at radius 2 is 1.71 bits per heavy atom. The van der Waals surface area contributed by atoms with Crippen LogP contribution < -0.4 is 16.0 Å². The molecule has 2 heterocycles. The predicted octanol–water partition coefficient (Wildman–Crippen LogP) is 4.44. The van der Waals surface area contributed by atoms with Gasteiger partial charge in [0.2, 0.25) is 23.5 Å². The van der Waals surface area contributed by atoms with Crippen LogP contribution in [0, 0.1) is 11.3 Å². The van der Waals surface area contributed by atoms with Crippen LogP contribution in [0.2, 0.25) is 5.02 Å². The van der Waals surface area contributed by atoms with Crippen LogP contribution in [-0.4, -0.2) is 76.3 Å². The topological polar surface area (TPSA) is 146 Å². The maximum atomic E-state index is 14.5. The van der Waals surface area contributed by atoms with Crippen LogP contribution >= 0.6 is 11.6 Å². The molecule has 1 unspecified atom stereocenters. The molecule has 1 saturated heterocycles. The van der Waals surface area contributed by atoms with Gasteiger partial charge < -0.3 is 25.7 Å². The van der Waals surface area contributed by atoms with Gasteiger partial charge in [0.25, 0.3) is 5.91 Å². The highest BCUT2D eigenvalue weighted by Gasteiger charge is 2.55. The van der Waals surface area contributed by atoms with Gasteiger partial charge in [0, 0.05) is 30.3 Å².